The van der Waals surface area contributed by atoms with Gasteiger partial charge in [-0.3, -0.25) is 4.98 Å². The van der Waals surface area contributed by atoms with E-state index in [2.05, 4.69) is 4.98 Å². The van der Waals surface area contributed by atoms with Crippen LogP contribution in [0.5, 0.6) is 5.75 Å². The molecule has 0 saturated carbocycles. The van der Waals surface area contributed by atoms with E-state index in [9.17, 15) is 8.42 Å². The molecule has 1 rings (SSSR count). The SMILES string of the molecule is COc1ccncc1S(N)(=O)=O.Cl. The van der Waals surface area contributed by atoms with Crippen LogP contribution in [0.4, 0.5) is 0 Å². The van der Waals surface area contributed by atoms with Crippen molar-refractivity contribution in [2.24, 2.45) is 5.14 Å². The molecule has 0 fully saturated rings. The molecule has 0 aliphatic carbocycles. The molecule has 1 heterocycles. The van der Waals surface area contributed by atoms with Crippen molar-refractivity contribution in [3.8, 4) is 5.75 Å². The lowest BCUT2D eigenvalue weighted by atomic mass is 10.4. The summed E-state index contributed by atoms with van der Waals surface area (Å²) in [5.41, 5.74) is 0. The number of hydrogen-bond acceptors (Lipinski definition) is 4. The number of pyridine rings is 1. The molecule has 0 atom stereocenters. The Morgan fingerprint density at radius 3 is 2.54 bits per heavy atom. The first-order valence-electron chi connectivity index (χ1n) is 3.06. The largest absolute Gasteiger partial charge is 0.495 e. The predicted octanol–water partition coefficient (Wildman–Crippen LogP) is 0.159. The Labute approximate surface area is 82.4 Å². The number of rotatable bonds is 2. The van der Waals surface area contributed by atoms with Gasteiger partial charge in [0.15, 0.2) is 0 Å². The van der Waals surface area contributed by atoms with E-state index in [0.29, 0.717) is 0 Å². The maximum atomic E-state index is 10.9. The Morgan fingerprint density at radius 1 is 1.54 bits per heavy atom. The van der Waals surface area contributed by atoms with Crippen molar-refractivity contribution in [2.75, 3.05) is 7.11 Å². The lowest BCUT2D eigenvalue weighted by molar-refractivity contribution is 0.402. The molecule has 1 aromatic heterocycles. The lowest BCUT2D eigenvalue weighted by Gasteiger charge is -2.03. The summed E-state index contributed by atoms with van der Waals surface area (Å²) in [5.74, 6) is 0.201. The van der Waals surface area contributed by atoms with Crippen molar-refractivity contribution in [2.45, 2.75) is 4.90 Å². The summed E-state index contributed by atoms with van der Waals surface area (Å²) in [4.78, 5) is 3.52. The molecular weight excluding hydrogens is 216 g/mol. The molecule has 0 bridgehead atoms. The van der Waals surface area contributed by atoms with Crippen LogP contribution in [0.15, 0.2) is 23.4 Å². The fourth-order valence-corrected chi connectivity index (χ4v) is 1.39. The van der Waals surface area contributed by atoms with Crippen LogP contribution in [0.25, 0.3) is 0 Å². The number of nitrogens with zero attached hydrogens (tertiary/aromatic N) is 1. The highest BCUT2D eigenvalue weighted by Crippen LogP contribution is 2.19. The summed E-state index contributed by atoms with van der Waals surface area (Å²) < 4.78 is 26.5. The molecule has 13 heavy (non-hydrogen) atoms. The quantitative estimate of drug-likeness (QED) is 0.776. The molecule has 0 amide bonds. The van der Waals surface area contributed by atoms with Gasteiger partial charge in [0.25, 0.3) is 0 Å². The fraction of sp³-hybridized carbons (Fsp3) is 0.167. The highest BCUT2D eigenvalue weighted by molar-refractivity contribution is 7.89. The number of aromatic nitrogens is 1. The van der Waals surface area contributed by atoms with Gasteiger partial charge in [-0.05, 0) is 6.07 Å². The summed E-state index contributed by atoms with van der Waals surface area (Å²) in [5, 5.41) is 4.89. The second-order valence-electron chi connectivity index (χ2n) is 2.07. The summed E-state index contributed by atoms with van der Waals surface area (Å²) in [6, 6.07) is 1.43. The highest BCUT2D eigenvalue weighted by atomic mass is 35.5. The third-order valence-corrected chi connectivity index (χ3v) is 2.19. The third-order valence-electron chi connectivity index (χ3n) is 1.27. The average molecular weight is 225 g/mol. The van der Waals surface area contributed by atoms with Gasteiger partial charge in [0, 0.05) is 6.20 Å². The molecule has 7 heteroatoms. The molecule has 0 spiro atoms. The van der Waals surface area contributed by atoms with Crippen LogP contribution in [-0.2, 0) is 10.0 Å². The van der Waals surface area contributed by atoms with E-state index < -0.39 is 10.0 Å². The van der Waals surface area contributed by atoms with E-state index in [-0.39, 0.29) is 23.1 Å². The molecule has 2 N–H and O–H groups in total. The molecular formula is C6H9ClN2O3S. The Kier molecular flexibility index (Phi) is 4.12. The second-order valence-corrected chi connectivity index (χ2v) is 3.60. The van der Waals surface area contributed by atoms with Gasteiger partial charge < -0.3 is 4.74 Å². The first kappa shape index (κ1) is 12.2. The first-order valence-corrected chi connectivity index (χ1v) is 4.61. The van der Waals surface area contributed by atoms with Gasteiger partial charge >= 0.3 is 0 Å². The Hall–Kier alpha value is -0.850. The zero-order chi connectivity index (χ0) is 9.19. The number of sulfonamides is 1. The average Bonchev–Trinajstić information content (AvgIpc) is 2.03. The topological polar surface area (TPSA) is 82.3 Å². The summed E-state index contributed by atoms with van der Waals surface area (Å²) in [6.45, 7) is 0. The smallest absolute Gasteiger partial charge is 0.243 e. The maximum absolute atomic E-state index is 10.9. The summed E-state index contributed by atoms with van der Waals surface area (Å²) >= 11 is 0. The van der Waals surface area contributed by atoms with Crippen LogP contribution in [0, 0.1) is 0 Å². The van der Waals surface area contributed by atoms with E-state index in [1.54, 1.807) is 0 Å². The zero-order valence-electron chi connectivity index (χ0n) is 6.80. The van der Waals surface area contributed by atoms with E-state index in [0.717, 1.165) is 6.20 Å². The van der Waals surface area contributed by atoms with Gasteiger partial charge in [-0.25, -0.2) is 13.6 Å². The van der Waals surface area contributed by atoms with Crippen molar-refractivity contribution in [3.63, 3.8) is 0 Å². The van der Waals surface area contributed by atoms with Crippen LogP contribution in [-0.4, -0.2) is 20.5 Å². The fourth-order valence-electron chi connectivity index (χ4n) is 0.750. The molecule has 74 valence electrons. The molecule has 5 nitrogen and oxygen atoms in total. The van der Waals surface area contributed by atoms with Crippen molar-refractivity contribution < 1.29 is 13.2 Å². The normalized spacial score (nSPS) is 10.3. The number of hydrogen-bond donors (Lipinski definition) is 1. The van der Waals surface area contributed by atoms with E-state index in [1.807, 2.05) is 0 Å². The Morgan fingerprint density at radius 2 is 2.15 bits per heavy atom. The number of ether oxygens (including phenoxy) is 1. The number of nitrogens with two attached hydrogens (primary N) is 1. The minimum atomic E-state index is -3.73. The number of halogens is 1. The third kappa shape index (κ3) is 2.83. The monoisotopic (exact) mass is 224 g/mol. The Balaban J connectivity index is 0.00000144. The van der Waals surface area contributed by atoms with Gasteiger partial charge in [-0.2, -0.15) is 0 Å². The molecule has 0 aliphatic heterocycles. The van der Waals surface area contributed by atoms with Crippen LogP contribution in [0.1, 0.15) is 0 Å². The van der Waals surface area contributed by atoms with Gasteiger partial charge in [0.1, 0.15) is 10.6 Å². The Bertz CT molecular complexity index is 379. The zero-order valence-corrected chi connectivity index (χ0v) is 8.43. The molecule has 0 unspecified atom stereocenters. The molecule has 0 aromatic carbocycles. The summed E-state index contributed by atoms with van der Waals surface area (Å²) in [6.07, 6.45) is 2.57. The summed E-state index contributed by atoms with van der Waals surface area (Å²) in [7, 11) is -2.37. The van der Waals surface area contributed by atoms with E-state index in [4.69, 9.17) is 9.88 Å². The van der Waals surface area contributed by atoms with Gasteiger partial charge in [-0.1, -0.05) is 0 Å². The van der Waals surface area contributed by atoms with E-state index in [1.165, 1.54) is 19.4 Å². The van der Waals surface area contributed by atoms with Crippen molar-refractivity contribution in [3.05, 3.63) is 18.5 Å². The minimum absolute atomic E-state index is 0. The molecule has 0 aliphatic rings. The molecule has 0 saturated heterocycles. The lowest BCUT2D eigenvalue weighted by Crippen LogP contribution is -2.13. The predicted molar refractivity (Wildman–Crippen MR) is 49.4 cm³/mol. The van der Waals surface area contributed by atoms with Crippen LogP contribution in [0.2, 0.25) is 0 Å². The van der Waals surface area contributed by atoms with E-state index >= 15 is 0 Å². The molecule has 0 radical (unpaired) electrons. The van der Waals surface area contributed by atoms with Crippen molar-refractivity contribution in [1.82, 2.24) is 4.98 Å². The molecule has 1 aromatic rings. The first-order chi connectivity index (χ1) is 5.55. The maximum Gasteiger partial charge on any atom is 0.243 e. The van der Waals surface area contributed by atoms with Crippen LogP contribution < -0.4 is 9.88 Å². The van der Waals surface area contributed by atoms with Crippen molar-refractivity contribution >= 4 is 22.4 Å². The van der Waals surface area contributed by atoms with Gasteiger partial charge in [0.2, 0.25) is 10.0 Å². The number of primary sulfonamides is 1. The van der Waals surface area contributed by atoms with Crippen molar-refractivity contribution in [1.29, 1.82) is 0 Å². The van der Waals surface area contributed by atoms with Crippen LogP contribution >= 0.6 is 12.4 Å². The standard InChI is InChI=1S/C6H8N2O3S.ClH/c1-11-5-2-3-8-4-6(5)12(7,9)10;/h2-4H,1H3,(H2,7,9,10);1H. The highest BCUT2D eigenvalue weighted by Gasteiger charge is 2.13. The van der Waals surface area contributed by atoms with Gasteiger partial charge in [-0.15, -0.1) is 12.4 Å². The van der Waals surface area contributed by atoms with Crippen LogP contribution in [0.3, 0.4) is 0 Å². The minimum Gasteiger partial charge on any atom is -0.495 e. The number of methoxy groups -OCH3 is 1. The second kappa shape index (κ2) is 4.40. The van der Waals surface area contributed by atoms with Gasteiger partial charge in [0.05, 0.1) is 13.3 Å².